The molecular formula is C19H25N3O5S3. The van der Waals surface area contributed by atoms with Crippen molar-refractivity contribution in [2.75, 3.05) is 44.6 Å². The van der Waals surface area contributed by atoms with E-state index in [2.05, 4.69) is 4.99 Å². The second kappa shape index (κ2) is 8.89. The summed E-state index contributed by atoms with van der Waals surface area (Å²) in [6.45, 7) is 2.41. The number of amides is 1. The molecule has 0 saturated carbocycles. The van der Waals surface area contributed by atoms with E-state index < -0.39 is 15.9 Å². The van der Waals surface area contributed by atoms with Crippen molar-refractivity contribution in [3.05, 3.63) is 16.9 Å². The van der Waals surface area contributed by atoms with Crippen LogP contribution in [-0.2, 0) is 21.4 Å². The predicted molar refractivity (Wildman–Crippen MR) is 119 cm³/mol. The fourth-order valence-electron chi connectivity index (χ4n) is 3.72. The molecular weight excluding hydrogens is 446 g/mol. The highest BCUT2D eigenvalue weighted by Gasteiger charge is 2.30. The van der Waals surface area contributed by atoms with Crippen molar-refractivity contribution in [2.24, 2.45) is 10.9 Å². The van der Waals surface area contributed by atoms with Crippen molar-refractivity contribution in [1.29, 1.82) is 0 Å². The summed E-state index contributed by atoms with van der Waals surface area (Å²) in [4.78, 5) is 18.0. The summed E-state index contributed by atoms with van der Waals surface area (Å²) in [5, 5.41) is 0. The smallest absolute Gasteiger partial charge is 0.252 e. The first-order valence-electron chi connectivity index (χ1n) is 9.82. The quantitative estimate of drug-likeness (QED) is 0.662. The van der Waals surface area contributed by atoms with E-state index in [0.717, 1.165) is 16.0 Å². The van der Waals surface area contributed by atoms with Crippen LogP contribution in [0.15, 0.2) is 17.1 Å². The SMILES string of the molecule is CSCCn1c(=NC(=O)C2CCCN(S(C)(=O)=O)C2)sc2cc3c(cc21)OCCO3. The van der Waals surface area contributed by atoms with E-state index in [1.165, 1.54) is 21.9 Å². The minimum absolute atomic E-state index is 0.201. The maximum Gasteiger partial charge on any atom is 0.252 e. The molecule has 1 aromatic heterocycles. The molecule has 0 spiro atoms. The molecule has 1 amide bonds. The maximum absolute atomic E-state index is 12.9. The highest BCUT2D eigenvalue weighted by molar-refractivity contribution is 7.98. The van der Waals surface area contributed by atoms with Gasteiger partial charge in [-0.1, -0.05) is 11.3 Å². The molecule has 3 heterocycles. The van der Waals surface area contributed by atoms with Crippen molar-refractivity contribution in [3.63, 3.8) is 0 Å². The van der Waals surface area contributed by atoms with Crippen LogP contribution in [-0.4, -0.2) is 67.8 Å². The number of rotatable bonds is 5. The number of hydrogen-bond acceptors (Lipinski definition) is 7. The number of benzene rings is 1. The average Bonchev–Trinajstić information content (AvgIpc) is 3.05. The molecule has 30 heavy (non-hydrogen) atoms. The largest absolute Gasteiger partial charge is 0.486 e. The van der Waals surface area contributed by atoms with Crippen LogP contribution in [0.2, 0.25) is 0 Å². The molecule has 0 bridgehead atoms. The number of aryl methyl sites for hydroxylation is 1. The molecule has 1 fully saturated rings. The lowest BCUT2D eigenvalue weighted by molar-refractivity contribution is -0.122. The molecule has 0 radical (unpaired) electrons. The molecule has 4 rings (SSSR count). The summed E-state index contributed by atoms with van der Waals surface area (Å²) in [7, 11) is -3.31. The molecule has 0 N–H and O–H groups in total. The highest BCUT2D eigenvalue weighted by atomic mass is 32.2. The Morgan fingerprint density at radius 1 is 1.30 bits per heavy atom. The van der Waals surface area contributed by atoms with Crippen LogP contribution >= 0.6 is 23.1 Å². The van der Waals surface area contributed by atoms with Gasteiger partial charge < -0.3 is 14.0 Å². The Morgan fingerprint density at radius 3 is 2.73 bits per heavy atom. The number of hydrogen-bond donors (Lipinski definition) is 0. The Labute approximate surface area is 183 Å². The van der Waals surface area contributed by atoms with Crippen LogP contribution in [0.1, 0.15) is 12.8 Å². The summed E-state index contributed by atoms with van der Waals surface area (Å²) >= 11 is 3.17. The Balaban J connectivity index is 1.71. The van der Waals surface area contributed by atoms with E-state index >= 15 is 0 Å². The number of fused-ring (bicyclic) bond motifs is 2. The van der Waals surface area contributed by atoms with Crippen LogP contribution in [0, 0.1) is 5.92 Å². The number of thioether (sulfide) groups is 1. The highest BCUT2D eigenvalue weighted by Crippen LogP contribution is 2.35. The first kappa shape index (κ1) is 21.7. The summed E-state index contributed by atoms with van der Waals surface area (Å²) < 4.78 is 39.6. The molecule has 164 valence electrons. The summed E-state index contributed by atoms with van der Waals surface area (Å²) in [5.74, 6) is 1.63. The first-order valence-corrected chi connectivity index (χ1v) is 13.9. The molecule has 8 nitrogen and oxygen atoms in total. The van der Waals surface area contributed by atoms with Crippen molar-refractivity contribution >= 4 is 49.2 Å². The van der Waals surface area contributed by atoms with Crippen LogP contribution < -0.4 is 14.3 Å². The Hall–Kier alpha value is -1.56. The lowest BCUT2D eigenvalue weighted by atomic mass is 9.99. The average molecular weight is 472 g/mol. The van der Waals surface area contributed by atoms with E-state index in [1.54, 1.807) is 11.8 Å². The van der Waals surface area contributed by atoms with Gasteiger partial charge in [0, 0.05) is 37.5 Å². The fraction of sp³-hybridized carbons (Fsp3) is 0.579. The zero-order valence-corrected chi connectivity index (χ0v) is 19.4. The maximum atomic E-state index is 12.9. The van der Waals surface area contributed by atoms with Gasteiger partial charge in [0.15, 0.2) is 16.3 Å². The van der Waals surface area contributed by atoms with Crippen LogP contribution in [0.3, 0.4) is 0 Å². The number of thiazole rings is 1. The molecule has 0 aliphatic carbocycles. The van der Waals surface area contributed by atoms with Crippen LogP contribution in [0.4, 0.5) is 0 Å². The Kier molecular flexibility index (Phi) is 6.42. The summed E-state index contributed by atoms with van der Waals surface area (Å²) in [5.41, 5.74) is 0.964. The van der Waals surface area contributed by atoms with Gasteiger partial charge in [0.2, 0.25) is 10.0 Å². The third-order valence-corrected chi connectivity index (χ3v) is 8.18. The van der Waals surface area contributed by atoms with Gasteiger partial charge in [0.05, 0.1) is 22.4 Å². The molecule has 2 aliphatic heterocycles. The lowest BCUT2D eigenvalue weighted by Gasteiger charge is -2.28. The Morgan fingerprint density at radius 2 is 2.03 bits per heavy atom. The minimum atomic E-state index is -3.31. The summed E-state index contributed by atoms with van der Waals surface area (Å²) in [6.07, 6.45) is 4.54. The number of carbonyl (C=O) groups is 1. The first-order chi connectivity index (χ1) is 14.4. The lowest BCUT2D eigenvalue weighted by Crippen LogP contribution is -2.41. The minimum Gasteiger partial charge on any atom is -0.486 e. The van der Waals surface area contributed by atoms with Crippen molar-refractivity contribution in [1.82, 2.24) is 8.87 Å². The molecule has 1 saturated heterocycles. The molecule has 2 aliphatic rings. The number of ether oxygens (including phenoxy) is 2. The van der Waals surface area contributed by atoms with E-state index in [-0.39, 0.29) is 12.5 Å². The molecule has 2 aromatic rings. The van der Waals surface area contributed by atoms with Crippen LogP contribution in [0.25, 0.3) is 10.2 Å². The van der Waals surface area contributed by atoms with Crippen molar-refractivity contribution < 1.29 is 22.7 Å². The van der Waals surface area contributed by atoms with E-state index in [0.29, 0.717) is 55.4 Å². The predicted octanol–water partition coefficient (Wildman–Crippen LogP) is 1.94. The number of sulfonamides is 1. The van der Waals surface area contributed by atoms with Crippen molar-refractivity contribution in [2.45, 2.75) is 19.4 Å². The zero-order chi connectivity index (χ0) is 21.3. The van der Waals surface area contributed by atoms with Gasteiger partial charge >= 0.3 is 0 Å². The standard InChI is InChI=1S/C19H25N3O5S3/c1-28-9-6-22-14-10-15-16(27-8-7-26-15)11-17(14)29-19(22)20-18(23)13-4-3-5-21(12-13)30(2,24)25/h10-11,13H,3-9,12H2,1-2H3. The third-order valence-electron chi connectivity index (χ3n) is 5.27. The van der Waals surface area contributed by atoms with E-state index in [4.69, 9.17) is 9.47 Å². The molecule has 1 atom stereocenters. The van der Waals surface area contributed by atoms with Gasteiger partial charge in [0.25, 0.3) is 5.91 Å². The van der Waals surface area contributed by atoms with Gasteiger partial charge in [0.1, 0.15) is 13.2 Å². The number of carbonyl (C=O) groups excluding carboxylic acids is 1. The van der Waals surface area contributed by atoms with Crippen LogP contribution in [0.5, 0.6) is 11.5 Å². The van der Waals surface area contributed by atoms with Gasteiger partial charge in [-0.05, 0) is 19.1 Å². The topological polar surface area (TPSA) is 90.2 Å². The number of piperidine rings is 1. The molecule has 1 unspecified atom stereocenters. The van der Waals surface area contributed by atoms with Crippen molar-refractivity contribution in [3.8, 4) is 11.5 Å². The fourth-order valence-corrected chi connectivity index (χ4v) is 6.07. The normalized spacial score (nSPS) is 20.6. The summed E-state index contributed by atoms with van der Waals surface area (Å²) in [6, 6.07) is 3.90. The monoisotopic (exact) mass is 471 g/mol. The van der Waals surface area contributed by atoms with Gasteiger partial charge in [-0.2, -0.15) is 16.8 Å². The zero-order valence-electron chi connectivity index (χ0n) is 17.0. The third kappa shape index (κ3) is 4.53. The molecule has 1 aromatic carbocycles. The Bertz CT molecular complexity index is 1120. The molecule has 11 heteroatoms. The number of nitrogens with zero attached hydrogens (tertiary/aromatic N) is 3. The van der Waals surface area contributed by atoms with Gasteiger partial charge in [-0.15, -0.1) is 0 Å². The number of aromatic nitrogens is 1. The van der Waals surface area contributed by atoms with E-state index in [1.807, 2.05) is 23.0 Å². The second-order valence-electron chi connectivity index (χ2n) is 7.40. The second-order valence-corrected chi connectivity index (χ2v) is 11.4. The van der Waals surface area contributed by atoms with Gasteiger partial charge in [-0.25, -0.2) is 12.7 Å². The van der Waals surface area contributed by atoms with E-state index in [9.17, 15) is 13.2 Å². The van der Waals surface area contributed by atoms with Gasteiger partial charge in [-0.3, -0.25) is 4.79 Å².